The number of oxime groups is 1. The molecule has 0 saturated carbocycles. The molecule has 3 aliphatic heterocycles. The number of terminal acetylenes is 1. The maximum Gasteiger partial charge on any atom is 0.352 e. The van der Waals surface area contributed by atoms with E-state index in [0.717, 1.165) is 16.8 Å². The van der Waals surface area contributed by atoms with Crippen LogP contribution in [0.25, 0.3) is 0 Å². The van der Waals surface area contributed by atoms with Gasteiger partial charge in [0.2, 0.25) is 16.7 Å². The number of nitrogens with two attached hydrogens (primary N) is 1. The lowest BCUT2D eigenvalue weighted by molar-refractivity contribution is -0.150. The molecule has 35 heavy (non-hydrogen) atoms. The highest BCUT2D eigenvalue weighted by Crippen LogP contribution is 2.41. The summed E-state index contributed by atoms with van der Waals surface area (Å²) in [6, 6.07) is -0.984. The van der Waals surface area contributed by atoms with Gasteiger partial charge in [0.05, 0.1) is 5.55 Å². The third-order valence-electron chi connectivity index (χ3n) is 4.93. The SMILES string of the molecule is C#CCn1nnnc1SCC1=C(C(=O)O)N2C(=O)C(NC(=O)C(=NOC)C3(N)N=CSN3)[C@H]2SC1. The Bertz CT molecular complexity index is 1190. The highest BCUT2D eigenvalue weighted by Gasteiger charge is 2.55. The van der Waals surface area contributed by atoms with E-state index < -0.39 is 35.0 Å². The molecule has 2 unspecified atom stereocenters. The van der Waals surface area contributed by atoms with E-state index in [0.29, 0.717) is 16.5 Å². The molecule has 1 saturated heterocycles. The predicted molar refractivity (Wildman–Crippen MR) is 128 cm³/mol. The number of aliphatic carboxylic acids is 1. The van der Waals surface area contributed by atoms with E-state index in [9.17, 15) is 19.5 Å². The number of β-lactam (4-membered cyclic amide) rings is 1. The normalized spacial score (nSPS) is 25.7. The molecule has 3 atom stereocenters. The minimum Gasteiger partial charge on any atom is -0.477 e. The first-order valence-electron chi connectivity index (χ1n) is 9.71. The van der Waals surface area contributed by atoms with Crippen molar-refractivity contribution in [1.29, 1.82) is 0 Å². The van der Waals surface area contributed by atoms with Crippen molar-refractivity contribution < 1.29 is 24.3 Å². The van der Waals surface area contributed by atoms with Gasteiger partial charge in [-0.15, -0.1) is 23.3 Å². The molecule has 1 aromatic heterocycles. The largest absolute Gasteiger partial charge is 0.477 e. The molecule has 15 nitrogen and oxygen atoms in total. The first-order chi connectivity index (χ1) is 16.8. The Balaban J connectivity index is 1.48. The quantitative estimate of drug-likeness (QED) is 0.0674. The summed E-state index contributed by atoms with van der Waals surface area (Å²) < 4.78 is 4.14. The van der Waals surface area contributed by atoms with Crippen LogP contribution in [0.1, 0.15) is 0 Å². The van der Waals surface area contributed by atoms with E-state index in [1.165, 1.54) is 40.9 Å². The Labute approximate surface area is 210 Å². The van der Waals surface area contributed by atoms with Gasteiger partial charge in [0.15, 0.2) is 0 Å². The summed E-state index contributed by atoms with van der Waals surface area (Å²) in [5, 5.41) is 27.1. The number of carboxylic acids is 1. The molecule has 5 N–H and O–H groups in total. The second-order valence-electron chi connectivity index (χ2n) is 7.07. The molecule has 0 aliphatic carbocycles. The lowest BCUT2D eigenvalue weighted by Crippen LogP contribution is -2.72. The average Bonchev–Trinajstić information content (AvgIpc) is 3.48. The van der Waals surface area contributed by atoms with Crippen LogP contribution in [0.3, 0.4) is 0 Å². The van der Waals surface area contributed by atoms with Crippen molar-refractivity contribution in [2.75, 3.05) is 18.6 Å². The van der Waals surface area contributed by atoms with Crippen molar-refractivity contribution in [2.45, 2.75) is 28.9 Å². The number of rotatable bonds is 9. The summed E-state index contributed by atoms with van der Waals surface area (Å²) in [6.07, 6.45) is 5.30. The fourth-order valence-corrected chi connectivity index (χ4v) is 6.34. The number of carbonyl (C=O) groups is 3. The van der Waals surface area contributed by atoms with E-state index in [4.69, 9.17) is 17.0 Å². The Kier molecular flexibility index (Phi) is 7.32. The number of aliphatic imine (C=N–C) groups is 1. The number of nitrogens with one attached hydrogen (secondary N) is 2. The number of amides is 2. The van der Waals surface area contributed by atoms with Gasteiger partial charge in [-0.3, -0.25) is 20.2 Å². The standard InChI is InChI=1S/C17H18N10O5S3/c1-3-4-26-16(21-24-25-26)34-6-8-5-33-14-9(13(29)27(14)10(8)15(30)31)20-12(28)11(22-32-2)17(18)19-7-35-23-17/h1,7,9,14,23H,4-6,18H2,2H3,(H,20,28)(H,30,31)/t9?,14-,17?/m1/s1. The Hall–Kier alpha value is -3.11. The third-order valence-corrected chi connectivity index (χ3v) is 7.96. The third kappa shape index (κ3) is 4.72. The zero-order chi connectivity index (χ0) is 25.2. The van der Waals surface area contributed by atoms with Crippen LogP contribution in [-0.4, -0.2) is 95.1 Å². The summed E-state index contributed by atoms with van der Waals surface area (Å²) >= 11 is 3.59. The topological polar surface area (TPSA) is 202 Å². The number of carboxylic acid groups (broad SMARTS) is 1. The van der Waals surface area contributed by atoms with Gasteiger partial charge in [0.25, 0.3) is 11.8 Å². The van der Waals surface area contributed by atoms with Crippen LogP contribution in [0.2, 0.25) is 0 Å². The van der Waals surface area contributed by atoms with Crippen LogP contribution < -0.4 is 15.8 Å². The van der Waals surface area contributed by atoms with E-state index >= 15 is 0 Å². The van der Waals surface area contributed by atoms with Gasteiger partial charge in [0, 0.05) is 11.5 Å². The highest BCUT2D eigenvalue weighted by atomic mass is 32.2. The van der Waals surface area contributed by atoms with Gasteiger partial charge in [-0.1, -0.05) is 22.8 Å². The maximum atomic E-state index is 12.9. The van der Waals surface area contributed by atoms with Gasteiger partial charge in [0.1, 0.15) is 30.8 Å². The second-order valence-corrected chi connectivity index (χ2v) is 9.77. The van der Waals surface area contributed by atoms with Crippen molar-refractivity contribution in [2.24, 2.45) is 15.9 Å². The fraction of sp³-hybridized carbons (Fsp3) is 0.412. The van der Waals surface area contributed by atoms with Gasteiger partial charge >= 0.3 is 5.97 Å². The number of nitrogens with zero attached hydrogens (tertiary/aromatic N) is 7. The molecular weight excluding hydrogens is 520 g/mol. The predicted octanol–water partition coefficient (Wildman–Crippen LogP) is -1.97. The number of fused-ring (bicyclic) bond motifs is 1. The van der Waals surface area contributed by atoms with E-state index in [-0.39, 0.29) is 23.7 Å². The highest BCUT2D eigenvalue weighted by molar-refractivity contribution is 8.10. The van der Waals surface area contributed by atoms with Crippen molar-refractivity contribution >= 4 is 64.5 Å². The number of hydrogen-bond acceptors (Lipinski definition) is 14. The first-order valence-corrected chi connectivity index (χ1v) is 12.6. The van der Waals surface area contributed by atoms with Crippen molar-refractivity contribution in [3.05, 3.63) is 11.3 Å². The van der Waals surface area contributed by atoms with E-state index in [1.54, 1.807) is 0 Å². The van der Waals surface area contributed by atoms with E-state index in [2.05, 4.69) is 41.6 Å². The fourth-order valence-electron chi connectivity index (χ4n) is 3.38. The molecule has 18 heteroatoms. The lowest BCUT2D eigenvalue weighted by atomic mass is 10.0. The number of tetrazole rings is 1. The van der Waals surface area contributed by atoms with Crippen LogP contribution >= 0.6 is 35.5 Å². The second kappa shape index (κ2) is 10.2. The van der Waals surface area contributed by atoms with Crippen molar-refractivity contribution in [3.63, 3.8) is 0 Å². The van der Waals surface area contributed by atoms with Crippen LogP contribution in [0.5, 0.6) is 0 Å². The van der Waals surface area contributed by atoms with Crippen LogP contribution in [0.15, 0.2) is 26.6 Å². The zero-order valence-corrected chi connectivity index (χ0v) is 20.4. The van der Waals surface area contributed by atoms with Crippen molar-refractivity contribution in [1.82, 2.24) is 35.1 Å². The van der Waals surface area contributed by atoms with Gasteiger partial charge in [-0.05, 0) is 27.9 Å². The van der Waals surface area contributed by atoms with E-state index in [1.807, 2.05) is 0 Å². The molecule has 184 valence electrons. The smallest absolute Gasteiger partial charge is 0.352 e. The summed E-state index contributed by atoms with van der Waals surface area (Å²) in [7, 11) is 1.24. The Morgan fingerprint density at radius 1 is 1.57 bits per heavy atom. The number of aromatic nitrogens is 4. The van der Waals surface area contributed by atoms with Crippen molar-refractivity contribution in [3.8, 4) is 12.3 Å². The lowest BCUT2D eigenvalue weighted by Gasteiger charge is -2.49. The molecule has 2 amide bonds. The first kappa shape index (κ1) is 25.0. The van der Waals surface area contributed by atoms with Gasteiger partial charge in [-0.2, -0.15) is 0 Å². The summed E-state index contributed by atoms with van der Waals surface area (Å²) in [5.74, 6) is -1.26. The average molecular weight is 539 g/mol. The molecule has 1 aromatic rings. The zero-order valence-electron chi connectivity index (χ0n) is 17.9. The van der Waals surface area contributed by atoms with Crippen LogP contribution in [0.4, 0.5) is 0 Å². The molecule has 4 rings (SSSR count). The monoisotopic (exact) mass is 538 g/mol. The summed E-state index contributed by atoms with van der Waals surface area (Å²) in [6.45, 7) is 0.168. The molecule has 3 aliphatic rings. The molecule has 0 spiro atoms. The summed E-state index contributed by atoms with van der Waals surface area (Å²) in [5.41, 5.74) is 7.56. The molecule has 0 radical (unpaired) electrons. The molecule has 0 bridgehead atoms. The Morgan fingerprint density at radius 2 is 2.37 bits per heavy atom. The van der Waals surface area contributed by atoms with Crippen LogP contribution in [0, 0.1) is 12.3 Å². The molecule has 1 fully saturated rings. The molecule has 0 aromatic carbocycles. The number of thioether (sulfide) groups is 2. The maximum absolute atomic E-state index is 12.9. The summed E-state index contributed by atoms with van der Waals surface area (Å²) in [4.78, 5) is 47.7. The minimum atomic E-state index is -1.64. The Morgan fingerprint density at radius 3 is 3.03 bits per heavy atom. The molecular formula is C17H18N10O5S3. The molecule has 4 heterocycles. The number of carbonyl (C=O) groups excluding carboxylic acids is 2. The minimum absolute atomic E-state index is 0.132. The van der Waals surface area contributed by atoms with Gasteiger partial charge in [-0.25, -0.2) is 19.2 Å². The number of hydrogen-bond donors (Lipinski definition) is 4. The van der Waals surface area contributed by atoms with Gasteiger partial charge < -0.3 is 15.3 Å². The van der Waals surface area contributed by atoms with Crippen LogP contribution in [-0.2, 0) is 25.8 Å².